The maximum absolute atomic E-state index is 10.8. The summed E-state index contributed by atoms with van der Waals surface area (Å²) in [6.07, 6.45) is 1.08. The van der Waals surface area contributed by atoms with Gasteiger partial charge in [0.1, 0.15) is 16.7 Å². The number of ether oxygens (including phenoxy) is 1. The molecule has 20 heavy (non-hydrogen) atoms. The lowest BCUT2D eigenvalue weighted by Crippen LogP contribution is -2.29. The van der Waals surface area contributed by atoms with Crippen LogP contribution in [-0.2, 0) is 13.0 Å². The molecule has 0 bridgehead atoms. The van der Waals surface area contributed by atoms with E-state index >= 15 is 0 Å². The van der Waals surface area contributed by atoms with Crippen molar-refractivity contribution >= 4 is 17.3 Å². The molecule has 3 rings (SSSR count). The first-order chi connectivity index (χ1) is 9.72. The summed E-state index contributed by atoms with van der Waals surface area (Å²) >= 11 is 1.31. The number of nitrogens with one attached hydrogen (secondary N) is 1. The number of fused-ring (bicyclic) bond motifs is 1. The van der Waals surface area contributed by atoms with Crippen LogP contribution in [0.25, 0.3) is 0 Å². The van der Waals surface area contributed by atoms with Gasteiger partial charge in [0.25, 0.3) is 0 Å². The number of benzene rings is 1. The number of carboxylic acid groups (broad SMARTS) is 1. The molecule has 0 fully saturated rings. The molecule has 1 unspecified atom stereocenters. The Labute approximate surface area is 121 Å². The fourth-order valence-corrected chi connectivity index (χ4v) is 3.13. The molecule has 0 spiro atoms. The number of aromatic carboxylic acids is 1. The lowest BCUT2D eigenvalue weighted by atomic mass is 10.1. The highest BCUT2D eigenvalue weighted by Crippen LogP contribution is 2.27. The summed E-state index contributed by atoms with van der Waals surface area (Å²) in [7, 11) is 0. The first kappa shape index (κ1) is 13.1. The molecule has 0 amide bonds. The number of carboxylic acids is 1. The molecule has 5 heteroatoms. The van der Waals surface area contributed by atoms with E-state index < -0.39 is 5.97 Å². The number of hydrogen-bond donors (Lipinski definition) is 2. The van der Waals surface area contributed by atoms with Gasteiger partial charge >= 0.3 is 5.97 Å². The van der Waals surface area contributed by atoms with Crippen LogP contribution in [0, 0.1) is 0 Å². The topological polar surface area (TPSA) is 58.6 Å². The Bertz CT molecular complexity index is 598. The molecule has 2 N–H and O–H groups in total. The van der Waals surface area contributed by atoms with E-state index in [1.165, 1.54) is 16.9 Å². The SMILES string of the molecule is O=C(O)c1ccc(CNCC2Cc3ccccc3O2)s1. The highest BCUT2D eigenvalue weighted by molar-refractivity contribution is 7.13. The van der Waals surface area contributed by atoms with Gasteiger partial charge in [0.05, 0.1) is 0 Å². The normalized spacial score (nSPS) is 16.7. The zero-order valence-electron chi connectivity index (χ0n) is 10.8. The second-order valence-electron chi connectivity index (χ2n) is 4.75. The third kappa shape index (κ3) is 2.84. The maximum atomic E-state index is 10.8. The summed E-state index contributed by atoms with van der Waals surface area (Å²) in [4.78, 5) is 12.2. The fraction of sp³-hybridized carbons (Fsp3) is 0.267. The summed E-state index contributed by atoms with van der Waals surface area (Å²) in [5.74, 6) is 0.111. The van der Waals surface area contributed by atoms with Crippen LogP contribution >= 0.6 is 11.3 Å². The molecule has 0 saturated carbocycles. The zero-order valence-corrected chi connectivity index (χ0v) is 11.7. The average Bonchev–Trinajstić information content (AvgIpc) is 3.04. The Morgan fingerprint density at radius 1 is 1.35 bits per heavy atom. The van der Waals surface area contributed by atoms with Gasteiger partial charge in [-0.15, -0.1) is 11.3 Å². The summed E-state index contributed by atoms with van der Waals surface area (Å²) in [5, 5.41) is 12.2. The molecule has 0 radical (unpaired) electrons. The zero-order chi connectivity index (χ0) is 13.9. The first-order valence-corrected chi connectivity index (χ1v) is 7.31. The van der Waals surface area contributed by atoms with E-state index in [1.807, 2.05) is 24.3 Å². The number of para-hydroxylation sites is 1. The van der Waals surface area contributed by atoms with Gasteiger partial charge in [-0.2, -0.15) is 0 Å². The summed E-state index contributed by atoms with van der Waals surface area (Å²) in [6.45, 7) is 1.43. The van der Waals surface area contributed by atoms with E-state index in [2.05, 4.69) is 11.4 Å². The van der Waals surface area contributed by atoms with Gasteiger partial charge in [0.2, 0.25) is 0 Å². The minimum Gasteiger partial charge on any atom is -0.488 e. The molecule has 1 aliphatic heterocycles. The molecule has 1 aromatic heterocycles. The van der Waals surface area contributed by atoms with Crippen LogP contribution < -0.4 is 10.1 Å². The predicted molar refractivity (Wildman–Crippen MR) is 77.5 cm³/mol. The van der Waals surface area contributed by atoms with E-state index in [0.29, 0.717) is 11.4 Å². The molecule has 1 aromatic carbocycles. The van der Waals surface area contributed by atoms with Crippen LogP contribution in [0.4, 0.5) is 0 Å². The van der Waals surface area contributed by atoms with Crippen molar-refractivity contribution in [3.05, 3.63) is 51.7 Å². The summed E-state index contributed by atoms with van der Waals surface area (Å²) in [6, 6.07) is 11.6. The molecule has 104 valence electrons. The number of rotatable bonds is 5. The molecule has 0 aliphatic carbocycles. The smallest absolute Gasteiger partial charge is 0.345 e. The molecule has 1 aliphatic rings. The van der Waals surface area contributed by atoms with Crippen molar-refractivity contribution < 1.29 is 14.6 Å². The van der Waals surface area contributed by atoms with Crippen LogP contribution in [0.2, 0.25) is 0 Å². The minimum atomic E-state index is -0.865. The van der Waals surface area contributed by atoms with Crippen molar-refractivity contribution in [3.63, 3.8) is 0 Å². The highest BCUT2D eigenvalue weighted by atomic mass is 32.1. The second-order valence-corrected chi connectivity index (χ2v) is 5.92. The first-order valence-electron chi connectivity index (χ1n) is 6.49. The number of thiophene rings is 1. The monoisotopic (exact) mass is 289 g/mol. The average molecular weight is 289 g/mol. The lowest BCUT2D eigenvalue weighted by Gasteiger charge is -2.11. The third-order valence-corrected chi connectivity index (χ3v) is 4.33. The second kappa shape index (κ2) is 5.64. The third-order valence-electron chi connectivity index (χ3n) is 3.26. The van der Waals surface area contributed by atoms with Crippen LogP contribution in [0.1, 0.15) is 20.1 Å². The molecule has 2 heterocycles. The van der Waals surface area contributed by atoms with Crippen molar-refractivity contribution in [1.82, 2.24) is 5.32 Å². The molecule has 2 aromatic rings. The van der Waals surface area contributed by atoms with E-state index in [4.69, 9.17) is 9.84 Å². The minimum absolute atomic E-state index is 0.159. The molecule has 1 atom stereocenters. The molecular formula is C15H15NO3S. The van der Waals surface area contributed by atoms with Crippen molar-refractivity contribution in [2.24, 2.45) is 0 Å². The van der Waals surface area contributed by atoms with Gasteiger partial charge in [0.15, 0.2) is 0 Å². The summed E-state index contributed by atoms with van der Waals surface area (Å²) in [5.41, 5.74) is 1.25. The van der Waals surface area contributed by atoms with Crippen LogP contribution in [-0.4, -0.2) is 23.7 Å². The summed E-state index contributed by atoms with van der Waals surface area (Å²) < 4.78 is 5.84. The van der Waals surface area contributed by atoms with E-state index in [9.17, 15) is 4.79 Å². The van der Waals surface area contributed by atoms with Crippen molar-refractivity contribution in [2.45, 2.75) is 19.1 Å². The van der Waals surface area contributed by atoms with E-state index in [0.717, 1.165) is 23.6 Å². The highest BCUT2D eigenvalue weighted by Gasteiger charge is 2.21. The number of hydrogen-bond acceptors (Lipinski definition) is 4. The van der Waals surface area contributed by atoms with E-state index in [-0.39, 0.29) is 6.10 Å². The van der Waals surface area contributed by atoms with E-state index in [1.54, 1.807) is 6.07 Å². The Morgan fingerprint density at radius 3 is 2.95 bits per heavy atom. The van der Waals surface area contributed by atoms with Crippen molar-refractivity contribution in [1.29, 1.82) is 0 Å². The van der Waals surface area contributed by atoms with Crippen LogP contribution in [0.3, 0.4) is 0 Å². The quantitative estimate of drug-likeness (QED) is 0.888. The largest absolute Gasteiger partial charge is 0.488 e. The van der Waals surface area contributed by atoms with Crippen LogP contribution in [0.5, 0.6) is 5.75 Å². The van der Waals surface area contributed by atoms with Crippen molar-refractivity contribution in [3.8, 4) is 5.75 Å². The Hall–Kier alpha value is -1.85. The van der Waals surface area contributed by atoms with Crippen molar-refractivity contribution in [2.75, 3.05) is 6.54 Å². The van der Waals surface area contributed by atoms with Gasteiger partial charge < -0.3 is 15.2 Å². The Kier molecular flexibility index (Phi) is 3.71. The van der Waals surface area contributed by atoms with Crippen LogP contribution in [0.15, 0.2) is 36.4 Å². The standard InChI is InChI=1S/C15H15NO3S/c17-15(18)14-6-5-12(20-14)9-16-8-11-7-10-3-1-2-4-13(10)19-11/h1-6,11,16H,7-9H2,(H,17,18). The Balaban J connectivity index is 1.48. The van der Waals surface area contributed by atoms with Gasteiger partial charge in [0, 0.05) is 24.4 Å². The molecule has 0 saturated heterocycles. The van der Waals surface area contributed by atoms with Gasteiger partial charge in [-0.05, 0) is 23.8 Å². The number of carbonyl (C=O) groups is 1. The Morgan fingerprint density at radius 2 is 2.20 bits per heavy atom. The molecular weight excluding hydrogens is 274 g/mol. The van der Waals surface area contributed by atoms with Gasteiger partial charge in [-0.25, -0.2) is 4.79 Å². The predicted octanol–water partition coefficient (Wildman–Crippen LogP) is 2.54. The molecule has 4 nitrogen and oxygen atoms in total. The van der Waals surface area contributed by atoms with Gasteiger partial charge in [-0.3, -0.25) is 0 Å². The van der Waals surface area contributed by atoms with Gasteiger partial charge in [-0.1, -0.05) is 18.2 Å². The maximum Gasteiger partial charge on any atom is 0.345 e. The lowest BCUT2D eigenvalue weighted by molar-refractivity contribution is 0.0702. The fourth-order valence-electron chi connectivity index (χ4n) is 2.31.